The quantitative estimate of drug-likeness (QED) is 0.670. The van der Waals surface area contributed by atoms with E-state index in [1.54, 1.807) is 20.1 Å². The minimum atomic E-state index is -3.75. The molecule has 0 fully saturated rings. The van der Waals surface area contributed by atoms with Crippen molar-refractivity contribution in [2.45, 2.75) is 25.9 Å². The average Bonchev–Trinajstić information content (AvgIpc) is 2.65. The number of hydrogen-bond donors (Lipinski definition) is 1. The molecule has 0 heterocycles. The Balaban J connectivity index is 2.30. The van der Waals surface area contributed by atoms with Gasteiger partial charge in [0.1, 0.15) is 11.8 Å². The van der Waals surface area contributed by atoms with E-state index in [-0.39, 0.29) is 23.7 Å². The van der Waals surface area contributed by atoms with Crippen molar-refractivity contribution in [3.05, 3.63) is 58.1 Å². The number of methoxy groups -OCH3 is 1. The Morgan fingerprint density at radius 1 is 1.18 bits per heavy atom. The van der Waals surface area contributed by atoms with Crippen LogP contribution >= 0.6 is 23.2 Å². The molecule has 1 amide bonds. The number of sulfonamides is 1. The molecule has 0 aromatic heterocycles. The average molecular weight is 445 g/mol. The van der Waals surface area contributed by atoms with Gasteiger partial charge in [-0.15, -0.1) is 0 Å². The van der Waals surface area contributed by atoms with E-state index in [1.807, 2.05) is 18.2 Å². The maximum absolute atomic E-state index is 12.8. The zero-order valence-electron chi connectivity index (χ0n) is 15.8. The van der Waals surface area contributed by atoms with Crippen LogP contribution in [-0.2, 0) is 21.4 Å². The van der Waals surface area contributed by atoms with E-state index < -0.39 is 22.0 Å². The van der Waals surface area contributed by atoms with Crippen LogP contribution in [0.25, 0.3) is 0 Å². The van der Waals surface area contributed by atoms with E-state index >= 15 is 0 Å². The molecule has 0 radical (unpaired) electrons. The first-order valence-corrected chi connectivity index (χ1v) is 11.1. The van der Waals surface area contributed by atoms with Gasteiger partial charge in [-0.05, 0) is 30.7 Å². The number of halogens is 2. The predicted octanol–water partition coefficient (Wildman–Crippen LogP) is 3.86. The molecule has 9 heteroatoms. The van der Waals surface area contributed by atoms with E-state index in [9.17, 15) is 13.2 Å². The zero-order chi connectivity index (χ0) is 20.9. The summed E-state index contributed by atoms with van der Waals surface area (Å²) in [6, 6.07) is 10.8. The van der Waals surface area contributed by atoms with Crippen LogP contribution in [0.15, 0.2) is 42.5 Å². The van der Waals surface area contributed by atoms with Gasteiger partial charge < -0.3 is 10.1 Å². The summed E-state index contributed by atoms with van der Waals surface area (Å²) in [6.45, 7) is 1.95. The normalized spacial score (nSPS) is 12.3. The first-order chi connectivity index (χ1) is 13.2. The Hall–Kier alpha value is -1.96. The molecular weight excluding hydrogens is 423 g/mol. The van der Waals surface area contributed by atoms with Crippen molar-refractivity contribution in [1.29, 1.82) is 0 Å². The van der Waals surface area contributed by atoms with Gasteiger partial charge in [-0.3, -0.25) is 9.10 Å². The molecule has 2 aromatic carbocycles. The van der Waals surface area contributed by atoms with Gasteiger partial charge in [-0.25, -0.2) is 8.42 Å². The van der Waals surface area contributed by atoms with Gasteiger partial charge in [-0.1, -0.05) is 48.3 Å². The number of rotatable bonds is 8. The summed E-state index contributed by atoms with van der Waals surface area (Å²) < 4.78 is 31.3. The van der Waals surface area contributed by atoms with Gasteiger partial charge in [0.2, 0.25) is 15.9 Å². The molecule has 1 atom stereocenters. The number of amides is 1. The molecule has 28 heavy (non-hydrogen) atoms. The molecule has 2 rings (SSSR count). The summed E-state index contributed by atoms with van der Waals surface area (Å²) in [5.74, 6) is 0.213. The molecule has 1 N–H and O–H groups in total. The highest BCUT2D eigenvalue weighted by Crippen LogP contribution is 2.30. The van der Waals surface area contributed by atoms with Crippen LogP contribution in [0.4, 0.5) is 5.69 Å². The second-order valence-electron chi connectivity index (χ2n) is 6.11. The Bertz CT molecular complexity index is 951. The standard InChI is InChI=1S/C19H22Cl2N2O4S/c1-4-17(19(24)22-12-13-7-5-6-8-18(13)27-2)23(28(3,25)26)14-9-10-15(20)16(21)11-14/h5-11,17H,4,12H2,1-3H3,(H,22,24). The molecular formula is C19H22Cl2N2O4S. The second kappa shape index (κ2) is 9.49. The third-order valence-electron chi connectivity index (χ3n) is 4.13. The lowest BCUT2D eigenvalue weighted by Gasteiger charge is -2.30. The fourth-order valence-electron chi connectivity index (χ4n) is 2.83. The number of benzene rings is 2. The molecule has 1 unspecified atom stereocenters. The van der Waals surface area contributed by atoms with Crippen molar-refractivity contribution >= 4 is 44.8 Å². The van der Waals surface area contributed by atoms with Gasteiger partial charge in [0.05, 0.1) is 29.1 Å². The van der Waals surface area contributed by atoms with Gasteiger partial charge in [0.25, 0.3) is 0 Å². The summed E-state index contributed by atoms with van der Waals surface area (Å²) in [5.41, 5.74) is 1.06. The first kappa shape index (κ1) is 22.3. The number of nitrogens with one attached hydrogen (secondary N) is 1. The van der Waals surface area contributed by atoms with Crippen molar-refractivity contribution in [2.24, 2.45) is 0 Å². The van der Waals surface area contributed by atoms with E-state index in [2.05, 4.69) is 5.32 Å². The van der Waals surface area contributed by atoms with Crippen LogP contribution in [-0.4, -0.2) is 33.7 Å². The molecule has 0 saturated carbocycles. The molecule has 0 aliphatic rings. The molecule has 0 bridgehead atoms. The third-order valence-corrected chi connectivity index (χ3v) is 6.05. The van der Waals surface area contributed by atoms with Gasteiger partial charge in [0.15, 0.2) is 0 Å². The van der Waals surface area contributed by atoms with E-state index in [1.165, 1.54) is 18.2 Å². The Kier molecular flexibility index (Phi) is 7.57. The van der Waals surface area contributed by atoms with Crippen LogP contribution < -0.4 is 14.4 Å². The fourth-order valence-corrected chi connectivity index (χ4v) is 4.33. The third kappa shape index (κ3) is 5.31. The molecule has 0 aliphatic heterocycles. The highest BCUT2D eigenvalue weighted by atomic mass is 35.5. The lowest BCUT2D eigenvalue weighted by molar-refractivity contribution is -0.122. The van der Waals surface area contributed by atoms with Crippen molar-refractivity contribution in [3.8, 4) is 5.75 Å². The number of carbonyl (C=O) groups excluding carboxylic acids is 1. The molecule has 0 saturated heterocycles. The van der Waals surface area contributed by atoms with E-state index in [0.29, 0.717) is 10.8 Å². The summed E-state index contributed by atoms with van der Waals surface area (Å²) in [6.07, 6.45) is 1.32. The van der Waals surface area contributed by atoms with Crippen molar-refractivity contribution in [2.75, 3.05) is 17.7 Å². The summed E-state index contributed by atoms with van der Waals surface area (Å²) >= 11 is 12.0. The Morgan fingerprint density at radius 3 is 2.43 bits per heavy atom. The van der Waals surface area contributed by atoms with Gasteiger partial charge in [0, 0.05) is 12.1 Å². The van der Waals surface area contributed by atoms with Crippen LogP contribution in [0.5, 0.6) is 5.75 Å². The summed E-state index contributed by atoms with van der Waals surface area (Å²) in [5, 5.41) is 3.29. The summed E-state index contributed by atoms with van der Waals surface area (Å²) in [7, 11) is -2.21. The van der Waals surface area contributed by atoms with E-state index in [0.717, 1.165) is 16.1 Å². The number of carbonyl (C=O) groups is 1. The maximum Gasteiger partial charge on any atom is 0.244 e. The maximum atomic E-state index is 12.8. The predicted molar refractivity (Wildman–Crippen MR) is 113 cm³/mol. The highest BCUT2D eigenvalue weighted by molar-refractivity contribution is 7.92. The lowest BCUT2D eigenvalue weighted by Crippen LogP contribution is -2.49. The van der Waals surface area contributed by atoms with Crippen molar-refractivity contribution in [3.63, 3.8) is 0 Å². The van der Waals surface area contributed by atoms with E-state index in [4.69, 9.17) is 27.9 Å². The van der Waals surface area contributed by atoms with Crippen LogP contribution in [0.3, 0.4) is 0 Å². The number of anilines is 1. The minimum absolute atomic E-state index is 0.206. The summed E-state index contributed by atoms with van der Waals surface area (Å²) in [4.78, 5) is 12.8. The number of para-hydroxylation sites is 1. The first-order valence-electron chi connectivity index (χ1n) is 8.53. The van der Waals surface area contributed by atoms with Crippen LogP contribution in [0.2, 0.25) is 10.0 Å². The topological polar surface area (TPSA) is 75.7 Å². The number of nitrogens with zero attached hydrogens (tertiary/aromatic N) is 1. The van der Waals surface area contributed by atoms with Gasteiger partial charge >= 0.3 is 0 Å². The van der Waals surface area contributed by atoms with Crippen molar-refractivity contribution < 1.29 is 17.9 Å². The fraction of sp³-hybridized carbons (Fsp3) is 0.316. The molecule has 0 spiro atoms. The number of hydrogen-bond acceptors (Lipinski definition) is 4. The lowest BCUT2D eigenvalue weighted by atomic mass is 10.1. The largest absolute Gasteiger partial charge is 0.496 e. The molecule has 0 aliphatic carbocycles. The highest BCUT2D eigenvalue weighted by Gasteiger charge is 2.31. The Morgan fingerprint density at radius 2 is 1.86 bits per heavy atom. The Labute approximate surface area is 175 Å². The number of ether oxygens (including phenoxy) is 1. The monoisotopic (exact) mass is 444 g/mol. The van der Waals surface area contributed by atoms with Crippen LogP contribution in [0, 0.1) is 0 Å². The molecule has 6 nitrogen and oxygen atoms in total. The smallest absolute Gasteiger partial charge is 0.244 e. The molecule has 2 aromatic rings. The van der Waals surface area contributed by atoms with Crippen LogP contribution in [0.1, 0.15) is 18.9 Å². The zero-order valence-corrected chi connectivity index (χ0v) is 18.1. The van der Waals surface area contributed by atoms with Crippen molar-refractivity contribution in [1.82, 2.24) is 5.32 Å². The van der Waals surface area contributed by atoms with Gasteiger partial charge in [-0.2, -0.15) is 0 Å². The SMILES string of the molecule is CCC(C(=O)NCc1ccccc1OC)N(c1ccc(Cl)c(Cl)c1)S(C)(=O)=O. The second-order valence-corrected chi connectivity index (χ2v) is 8.78. The minimum Gasteiger partial charge on any atom is -0.496 e. The molecule has 152 valence electrons.